The van der Waals surface area contributed by atoms with E-state index in [-0.39, 0.29) is 0 Å². The Morgan fingerprint density at radius 2 is 1.91 bits per heavy atom. The molecule has 0 unspecified atom stereocenters. The van der Waals surface area contributed by atoms with Crippen LogP contribution in [0.2, 0.25) is 0 Å². The van der Waals surface area contributed by atoms with Crippen LogP contribution in [0.3, 0.4) is 0 Å². The van der Waals surface area contributed by atoms with Gasteiger partial charge in [0.25, 0.3) is 5.91 Å². The van der Waals surface area contributed by atoms with Crippen molar-refractivity contribution in [1.29, 1.82) is 0 Å². The summed E-state index contributed by atoms with van der Waals surface area (Å²) in [5, 5.41) is 0.773. The van der Waals surface area contributed by atoms with Crippen molar-refractivity contribution >= 4 is 22.8 Å². The molecule has 2 aromatic rings. The number of hydrogen-bond donors (Lipinski definition) is 1. The van der Waals surface area contributed by atoms with E-state index in [1.807, 2.05) is 24.3 Å². The number of carbonyl (C=O) groups is 2. The summed E-state index contributed by atoms with van der Waals surface area (Å²) in [5.74, 6) is -1.14. The molecule has 2 N–H and O–H groups in total. The fraction of sp³-hybridized carbons (Fsp3) is 0.389. The number of nitrogens with zero attached hydrogens (tertiary/aromatic N) is 1. The minimum atomic E-state index is -0.948. The van der Waals surface area contributed by atoms with Gasteiger partial charge in [-0.2, -0.15) is 0 Å². The summed E-state index contributed by atoms with van der Waals surface area (Å²) in [7, 11) is 0. The highest BCUT2D eigenvalue weighted by Gasteiger charge is 2.25. The van der Waals surface area contributed by atoms with Gasteiger partial charge in [-0.15, -0.1) is 0 Å². The maximum Gasteiger partial charge on any atom is 0.339 e. The zero-order valence-corrected chi connectivity index (χ0v) is 13.2. The molecular weight excluding hydrogens is 292 g/mol. The zero-order chi connectivity index (χ0) is 16.4. The maximum atomic E-state index is 12.7. The van der Waals surface area contributed by atoms with Gasteiger partial charge in [0, 0.05) is 11.1 Å². The topological polar surface area (TPSA) is 82.3 Å². The number of aromatic nitrogens is 1. The van der Waals surface area contributed by atoms with Crippen LogP contribution in [0.15, 0.2) is 24.3 Å². The fourth-order valence-electron chi connectivity index (χ4n) is 3.06. The number of fused-ring (bicyclic) bond motifs is 2. The molecule has 0 saturated heterocycles. The molecule has 0 radical (unpaired) electrons. The van der Waals surface area contributed by atoms with Gasteiger partial charge in [-0.25, -0.2) is 4.79 Å². The van der Waals surface area contributed by atoms with Gasteiger partial charge >= 0.3 is 5.97 Å². The molecule has 1 amide bonds. The lowest BCUT2D eigenvalue weighted by molar-refractivity contribution is -0.125. The van der Waals surface area contributed by atoms with Crippen molar-refractivity contribution in [1.82, 2.24) is 4.98 Å². The first-order valence-electron chi connectivity index (χ1n) is 7.98. The molecule has 120 valence electrons. The molecule has 1 aromatic heterocycles. The number of ether oxygens (including phenoxy) is 1. The van der Waals surface area contributed by atoms with Crippen LogP contribution in [0.4, 0.5) is 0 Å². The molecule has 1 heterocycles. The third kappa shape index (κ3) is 3.04. The Labute approximate surface area is 134 Å². The van der Waals surface area contributed by atoms with Crippen LogP contribution >= 0.6 is 0 Å². The lowest BCUT2D eigenvalue weighted by Gasteiger charge is -2.16. The molecule has 1 aliphatic rings. The van der Waals surface area contributed by atoms with Gasteiger partial charge in [0.15, 0.2) is 6.10 Å². The molecule has 0 aliphatic heterocycles. The smallest absolute Gasteiger partial charge is 0.339 e. The Balaban J connectivity index is 2.14. The predicted octanol–water partition coefficient (Wildman–Crippen LogP) is 2.53. The molecule has 23 heavy (non-hydrogen) atoms. The number of primary amides is 1. The van der Waals surface area contributed by atoms with E-state index in [0.717, 1.165) is 54.3 Å². The van der Waals surface area contributed by atoms with Crippen molar-refractivity contribution in [3.63, 3.8) is 0 Å². The van der Waals surface area contributed by atoms with Crippen LogP contribution in [0.5, 0.6) is 0 Å². The van der Waals surface area contributed by atoms with E-state index in [4.69, 9.17) is 15.5 Å². The number of para-hydroxylation sites is 1. The van der Waals surface area contributed by atoms with E-state index >= 15 is 0 Å². The van der Waals surface area contributed by atoms with Crippen molar-refractivity contribution < 1.29 is 14.3 Å². The minimum absolute atomic E-state index is 0.493. The number of nitrogens with two attached hydrogens (primary N) is 1. The van der Waals surface area contributed by atoms with Gasteiger partial charge < -0.3 is 10.5 Å². The van der Waals surface area contributed by atoms with Crippen LogP contribution in [-0.4, -0.2) is 23.0 Å². The van der Waals surface area contributed by atoms with Gasteiger partial charge in [-0.3, -0.25) is 9.78 Å². The number of esters is 1. The van der Waals surface area contributed by atoms with Gasteiger partial charge in [-0.1, -0.05) is 24.6 Å². The monoisotopic (exact) mass is 312 g/mol. The summed E-state index contributed by atoms with van der Waals surface area (Å²) in [6.45, 7) is 1.49. The van der Waals surface area contributed by atoms with E-state index in [1.165, 1.54) is 6.92 Å². The third-order valence-corrected chi connectivity index (χ3v) is 4.31. The first kappa shape index (κ1) is 15.5. The average molecular weight is 312 g/mol. The highest BCUT2D eigenvalue weighted by molar-refractivity contribution is 6.05. The number of pyridine rings is 1. The highest BCUT2D eigenvalue weighted by atomic mass is 16.5. The summed E-state index contributed by atoms with van der Waals surface area (Å²) < 4.78 is 5.27. The molecule has 5 nitrogen and oxygen atoms in total. The summed E-state index contributed by atoms with van der Waals surface area (Å²) in [5.41, 5.74) is 8.47. The molecule has 3 rings (SSSR count). The van der Waals surface area contributed by atoms with E-state index in [9.17, 15) is 9.59 Å². The van der Waals surface area contributed by atoms with E-state index < -0.39 is 18.0 Å². The van der Waals surface area contributed by atoms with Crippen molar-refractivity contribution in [3.05, 3.63) is 41.1 Å². The predicted molar refractivity (Wildman–Crippen MR) is 87.1 cm³/mol. The Hall–Kier alpha value is -2.43. The molecule has 0 fully saturated rings. The quantitative estimate of drug-likeness (QED) is 0.697. The largest absolute Gasteiger partial charge is 0.449 e. The molecule has 1 atom stereocenters. The van der Waals surface area contributed by atoms with Crippen LogP contribution in [0, 0.1) is 0 Å². The van der Waals surface area contributed by atoms with Gasteiger partial charge in [0.2, 0.25) is 0 Å². The highest BCUT2D eigenvalue weighted by Crippen LogP contribution is 2.29. The second kappa shape index (κ2) is 6.36. The van der Waals surface area contributed by atoms with Crippen LogP contribution in [0.25, 0.3) is 10.9 Å². The maximum absolute atomic E-state index is 12.7. The van der Waals surface area contributed by atoms with Crippen molar-refractivity contribution in [2.45, 2.75) is 45.1 Å². The van der Waals surface area contributed by atoms with Crippen molar-refractivity contribution in [2.24, 2.45) is 5.73 Å². The number of aryl methyl sites for hydroxylation is 1. The van der Waals surface area contributed by atoms with Crippen LogP contribution in [0.1, 0.15) is 47.8 Å². The average Bonchev–Trinajstić information content (AvgIpc) is 2.77. The standard InChI is InChI=1S/C18H20N2O3/c1-11(17(19)21)23-18(22)16-12-7-3-2-4-9-14(12)20-15-10-6-5-8-13(15)16/h5-6,8,10-11H,2-4,7,9H2,1H3,(H2,19,21)/t11-/m0/s1. The van der Waals surface area contributed by atoms with Crippen LogP contribution < -0.4 is 5.73 Å². The second-order valence-corrected chi connectivity index (χ2v) is 5.94. The second-order valence-electron chi connectivity index (χ2n) is 5.94. The Bertz CT molecular complexity index is 770. The SMILES string of the molecule is C[C@H](OC(=O)c1c2c(nc3ccccc13)CCCCC2)C(N)=O. The minimum Gasteiger partial charge on any atom is -0.449 e. The molecular formula is C18H20N2O3. The molecule has 5 heteroatoms. The van der Waals surface area contributed by atoms with E-state index in [1.54, 1.807) is 0 Å². The lowest BCUT2D eigenvalue weighted by atomic mass is 9.97. The van der Waals surface area contributed by atoms with Crippen LogP contribution in [-0.2, 0) is 22.4 Å². The number of amides is 1. The fourth-order valence-corrected chi connectivity index (χ4v) is 3.06. The Morgan fingerprint density at radius 1 is 1.17 bits per heavy atom. The molecule has 0 saturated carbocycles. The van der Waals surface area contributed by atoms with Crippen molar-refractivity contribution in [2.75, 3.05) is 0 Å². The summed E-state index contributed by atoms with van der Waals surface area (Å²) in [6, 6.07) is 7.55. The van der Waals surface area contributed by atoms with Gasteiger partial charge in [0.05, 0.1) is 11.1 Å². The molecule has 1 aliphatic carbocycles. The Kier molecular flexibility index (Phi) is 4.28. The number of benzene rings is 1. The summed E-state index contributed by atoms with van der Waals surface area (Å²) in [6.07, 6.45) is 3.95. The zero-order valence-electron chi connectivity index (χ0n) is 13.2. The lowest BCUT2D eigenvalue weighted by Crippen LogP contribution is -2.31. The van der Waals surface area contributed by atoms with Crippen molar-refractivity contribution in [3.8, 4) is 0 Å². The normalized spacial score (nSPS) is 15.5. The van der Waals surface area contributed by atoms with Gasteiger partial charge in [0.1, 0.15) is 0 Å². The molecule has 1 aromatic carbocycles. The molecule has 0 bridgehead atoms. The first-order valence-corrected chi connectivity index (χ1v) is 7.98. The Morgan fingerprint density at radius 3 is 2.70 bits per heavy atom. The van der Waals surface area contributed by atoms with Gasteiger partial charge in [-0.05, 0) is 44.2 Å². The van der Waals surface area contributed by atoms with E-state index in [0.29, 0.717) is 5.56 Å². The summed E-state index contributed by atoms with van der Waals surface area (Å²) in [4.78, 5) is 28.6. The number of carbonyl (C=O) groups excluding carboxylic acids is 2. The van der Waals surface area contributed by atoms with E-state index in [2.05, 4.69) is 0 Å². The third-order valence-electron chi connectivity index (χ3n) is 4.31. The molecule has 0 spiro atoms. The number of hydrogen-bond acceptors (Lipinski definition) is 4. The number of rotatable bonds is 3. The summed E-state index contributed by atoms with van der Waals surface area (Å²) >= 11 is 0. The first-order chi connectivity index (χ1) is 11.1.